The van der Waals surface area contributed by atoms with E-state index in [0.717, 1.165) is 0 Å². The van der Waals surface area contributed by atoms with E-state index in [9.17, 15) is 24.2 Å². The molecule has 3 aromatic rings. The minimum Gasteiger partial charge on any atom is -0.508 e. The molecule has 168 valence electrons. The van der Waals surface area contributed by atoms with Crippen molar-refractivity contribution in [2.24, 2.45) is 0 Å². The van der Waals surface area contributed by atoms with E-state index < -0.39 is 23.5 Å². The summed E-state index contributed by atoms with van der Waals surface area (Å²) in [5.41, 5.74) is 2.19. The van der Waals surface area contributed by atoms with Crippen LogP contribution < -0.4 is 4.74 Å². The Bertz CT molecular complexity index is 1250. The van der Waals surface area contributed by atoms with Crippen molar-refractivity contribution in [3.8, 4) is 11.5 Å². The van der Waals surface area contributed by atoms with Crippen LogP contribution in [0.25, 0.3) is 5.76 Å². The number of phenolic OH excluding ortho intramolecular Hbond substituents is 1. The zero-order valence-electron chi connectivity index (χ0n) is 18.1. The van der Waals surface area contributed by atoms with Gasteiger partial charge in [0.05, 0.1) is 18.7 Å². The molecule has 0 spiro atoms. The second-order valence-electron chi connectivity index (χ2n) is 7.83. The Morgan fingerprint density at radius 3 is 2.30 bits per heavy atom. The van der Waals surface area contributed by atoms with Gasteiger partial charge in [-0.15, -0.1) is 0 Å². The lowest BCUT2D eigenvalue weighted by Gasteiger charge is -2.25. The summed E-state index contributed by atoms with van der Waals surface area (Å²) in [7, 11) is 1.53. The number of carbonyl (C=O) groups excluding carboxylic acids is 2. The molecule has 1 fully saturated rings. The fourth-order valence-electron chi connectivity index (χ4n) is 4.01. The van der Waals surface area contributed by atoms with Gasteiger partial charge in [-0.2, -0.15) is 0 Å². The number of amides is 1. The number of rotatable bonds is 5. The third-order valence-electron chi connectivity index (χ3n) is 5.70. The number of aryl methyl sites for hydroxylation is 1. The summed E-state index contributed by atoms with van der Waals surface area (Å²) < 4.78 is 18.6. The molecule has 0 aliphatic carbocycles. The summed E-state index contributed by atoms with van der Waals surface area (Å²) in [6.45, 7) is 1.80. The van der Waals surface area contributed by atoms with Crippen molar-refractivity contribution in [2.45, 2.75) is 19.5 Å². The molecule has 4 rings (SSSR count). The summed E-state index contributed by atoms with van der Waals surface area (Å²) in [5.74, 6) is -1.68. The van der Waals surface area contributed by atoms with Crippen LogP contribution in [-0.4, -0.2) is 33.9 Å². The molecule has 1 aliphatic rings. The number of methoxy groups -OCH3 is 1. The molecule has 1 saturated heterocycles. The number of hydrogen-bond donors (Lipinski definition) is 2. The van der Waals surface area contributed by atoms with Gasteiger partial charge in [0.1, 0.15) is 23.1 Å². The highest BCUT2D eigenvalue weighted by atomic mass is 19.1. The third-order valence-corrected chi connectivity index (χ3v) is 5.70. The topological polar surface area (TPSA) is 87.1 Å². The third kappa shape index (κ3) is 4.17. The van der Waals surface area contributed by atoms with Crippen molar-refractivity contribution in [1.82, 2.24) is 4.90 Å². The van der Waals surface area contributed by atoms with Gasteiger partial charge in [-0.25, -0.2) is 4.39 Å². The number of nitrogens with zero attached hydrogens (tertiary/aromatic N) is 1. The average Bonchev–Trinajstić information content (AvgIpc) is 3.05. The van der Waals surface area contributed by atoms with Crippen molar-refractivity contribution in [2.75, 3.05) is 7.11 Å². The molecule has 33 heavy (non-hydrogen) atoms. The molecule has 7 heteroatoms. The molecule has 0 bridgehead atoms. The number of ketones is 1. The molecule has 0 radical (unpaired) electrons. The van der Waals surface area contributed by atoms with Crippen LogP contribution >= 0.6 is 0 Å². The van der Waals surface area contributed by atoms with E-state index in [-0.39, 0.29) is 23.6 Å². The summed E-state index contributed by atoms with van der Waals surface area (Å²) in [4.78, 5) is 27.5. The Labute approximate surface area is 190 Å². The molecule has 3 aromatic carbocycles. The van der Waals surface area contributed by atoms with Crippen molar-refractivity contribution >= 4 is 17.4 Å². The first kappa shape index (κ1) is 22.1. The molecule has 1 atom stereocenters. The van der Waals surface area contributed by atoms with Gasteiger partial charge in [0, 0.05) is 12.1 Å². The molecule has 1 amide bonds. The van der Waals surface area contributed by atoms with E-state index in [1.165, 1.54) is 48.4 Å². The minimum absolute atomic E-state index is 0.0280. The molecule has 1 unspecified atom stereocenters. The van der Waals surface area contributed by atoms with E-state index in [2.05, 4.69) is 0 Å². The van der Waals surface area contributed by atoms with E-state index in [1.807, 2.05) is 0 Å². The van der Waals surface area contributed by atoms with Crippen LogP contribution in [-0.2, 0) is 16.1 Å². The lowest BCUT2D eigenvalue weighted by atomic mass is 9.93. The first-order valence-electron chi connectivity index (χ1n) is 10.3. The maximum atomic E-state index is 13.4. The number of carbonyl (C=O) groups is 2. The number of aromatic hydroxyl groups is 1. The van der Waals surface area contributed by atoms with Gasteiger partial charge in [0.25, 0.3) is 11.7 Å². The Balaban J connectivity index is 1.86. The molecular formula is C26H22FNO5. The van der Waals surface area contributed by atoms with Gasteiger partial charge in [-0.3, -0.25) is 9.59 Å². The van der Waals surface area contributed by atoms with Crippen molar-refractivity contribution in [3.63, 3.8) is 0 Å². The summed E-state index contributed by atoms with van der Waals surface area (Å²) in [6, 6.07) is 15.8. The normalized spacial score (nSPS) is 17.4. The number of ether oxygens (including phenoxy) is 1. The maximum Gasteiger partial charge on any atom is 0.295 e. The van der Waals surface area contributed by atoms with Crippen LogP contribution in [0.15, 0.2) is 72.3 Å². The molecular weight excluding hydrogens is 425 g/mol. The van der Waals surface area contributed by atoms with E-state index >= 15 is 0 Å². The van der Waals surface area contributed by atoms with Gasteiger partial charge in [0.2, 0.25) is 0 Å². The minimum atomic E-state index is -0.892. The average molecular weight is 447 g/mol. The highest BCUT2D eigenvalue weighted by molar-refractivity contribution is 6.46. The van der Waals surface area contributed by atoms with Crippen LogP contribution in [0, 0.1) is 12.7 Å². The Morgan fingerprint density at radius 1 is 1.03 bits per heavy atom. The van der Waals surface area contributed by atoms with Crippen LogP contribution in [0.3, 0.4) is 0 Å². The van der Waals surface area contributed by atoms with Crippen molar-refractivity contribution < 1.29 is 28.9 Å². The molecule has 0 aromatic heterocycles. The Hall–Kier alpha value is -4.13. The van der Waals surface area contributed by atoms with Crippen LogP contribution in [0.1, 0.15) is 28.3 Å². The predicted octanol–water partition coefficient (Wildman–Crippen LogP) is 4.47. The largest absolute Gasteiger partial charge is 0.508 e. The molecule has 1 aliphatic heterocycles. The predicted molar refractivity (Wildman–Crippen MR) is 120 cm³/mol. The van der Waals surface area contributed by atoms with Crippen LogP contribution in [0.2, 0.25) is 0 Å². The van der Waals surface area contributed by atoms with Crippen LogP contribution in [0.5, 0.6) is 11.5 Å². The quantitative estimate of drug-likeness (QED) is 0.342. The highest BCUT2D eigenvalue weighted by Gasteiger charge is 2.46. The lowest BCUT2D eigenvalue weighted by Crippen LogP contribution is -2.29. The smallest absolute Gasteiger partial charge is 0.295 e. The molecule has 0 saturated carbocycles. The number of Topliss-reactive ketones (excluding diaryl/α,β-unsaturated/α-hetero) is 1. The maximum absolute atomic E-state index is 13.4. The lowest BCUT2D eigenvalue weighted by molar-refractivity contribution is -0.140. The standard InChI is InChI=1S/C26H22FNO5/c1-15-13-20(33-2)11-12-21(15)24(30)22-23(17-5-9-19(29)10-6-17)28(26(32)25(22)31)14-16-3-7-18(27)8-4-16/h3-13,23,29-30H,14H2,1-2H3/b24-22-. The van der Waals surface area contributed by atoms with Gasteiger partial charge < -0.3 is 19.8 Å². The zero-order valence-corrected chi connectivity index (χ0v) is 18.1. The van der Waals surface area contributed by atoms with Gasteiger partial charge in [-0.05, 0) is 66.1 Å². The number of aliphatic hydroxyl groups is 1. The zero-order chi connectivity index (χ0) is 23.7. The fraction of sp³-hybridized carbons (Fsp3) is 0.154. The Morgan fingerprint density at radius 2 is 1.70 bits per heavy atom. The second-order valence-corrected chi connectivity index (χ2v) is 7.83. The van der Waals surface area contributed by atoms with Gasteiger partial charge in [0.15, 0.2) is 0 Å². The van der Waals surface area contributed by atoms with Crippen molar-refractivity contribution in [3.05, 3.63) is 100 Å². The summed E-state index contributed by atoms with van der Waals surface area (Å²) in [5, 5.41) is 20.9. The van der Waals surface area contributed by atoms with E-state index in [4.69, 9.17) is 4.74 Å². The number of benzene rings is 3. The number of halogens is 1. The van der Waals surface area contributed by atoms with E-state index in [0.29, 0.717) is 28.0 Å². The SMILES string of the molecule is COc1ccc(/C(O)=C2/C(=O)C(=O)N(Cc3ccc(F)cc3)C2c2ccc(O)cc2)c(C)c1. The second kappa shape index (κ2) is 8.78. The number of likely N-dealkylation sites (tertiary alicyclic amines) is 1. The molecule has 2 N–H and O–H groups in total. The van der Waals surface area contributed by atoms with Crippen LogP contribution in [0.4, 0.5) is 4.39 Å². The van der Waals surface area contributed by atoms with Crippen molar-refractivity contribution in [1.29, 1.82) is 0 Å². The van der Waals surface area contributed by atoms with Gasteiger partial charge >= 0.3 is 0 Å². The fourth-order valence-corrected chi connectivity index (χ4v) is 4.01. The number of hydrogen-bond acceptors (Lipinski definition) is 5. The molecule has 6 nitrogen and oxygen atoms in total. The van der Waals surface area contributed by atoms with E-state index in [1.54, 1.807) is 37.3 Å². The summed E-state index contributed by atoms with van der Waals surface area (Å²) in [6.07, 6.45) is 0. The number of phenols is 1. The first-order chi connectivity index (χ1) is 15.8. The summed E-state index contributed by atoms with van der Waals surface area (Å²) >= 11 is 0. The van der Waals surface area contributed by atoms with Gasteiger partial charge in [-0.1, -0.05) is 24.3 Å². The molecule has 1 heterocycles. The Kier molecular flexibility index (Phi) is 5.87. The first-order valence-corrected chi connectivity index (χ1v) is 10.3. The number of aliphatic hydroxyl groups excluding tert-OH is 1. The highest BCUT2D eigenvalue weighted by Crippen LogP contribution is 2.41. The monoisotopic (exact) mass is 447 g/mol.